The molecule has 0 aromatic heterocycles. The molecule has 0 atom stereocenters. The number of fused-ring (bicyclic) bond motifs is 1. The van der Waals surface area contributed by atoms with E-state index in [0.29, 0.717) is 51.6 Å². The first kappa shape index (κ1) is 31.9. The van der Waals surface area contributed by atoms with Crippen LogP contribution in [0.25, 0.3) is 10.8 Å². The summed E-state index contributed by atoms with van der Waals surface area (Å²) in [5.41, 5.74) is 3.48. The van der Waals surface area contributed by atoms with Gasteiger partial charge in [-0.15, -0.1) is 10.2 Å². The molecule has 0 aliphatic heterocycles. The highest BCUT2D eigenvalue weighted by molar-refractivity contribution is 7.86. The molecular formula is C31H26ClN5O6S2. The maximum Gasteiger partial charge on any atom is 0.294 e. The van der Waals surface area contributed by atoms with E-state index in [-0.39, 0.29) is 9.79 Å². The molecule has 11 nitrogen and oxygen atoms in total. The van der Waals surface area contributed by atoms with Crippen LogP contribution in [-0.2, 0) is 26.8 Å². The van der Waals surface area contributed by atoms with Gasteiger partial charge in [-0.1, -0.05) is 29.8 Å². The highest BCUT2D eigenvalue weighted by atomic mass is 35.5. The van der Waals surface area contributed by atoms with Crippen LogP contribution < -0.4 is 4.90 Å². The average Bonchev–Trinajstić information content (AvgIpc) is 3.02. The number of rotatable bonds is 10. The highest BCUT2D eigenvalue weighted by Gasteiger charge is 2.15. The molecule has 45 heavy (non-hydrogen) atoms. The zero-order valence-electron chi connectivity index (χ0n) is 23.7. The van der Waals surface area contributed by atoms with Gasteiger partial charge in [0, 0.05) is 34.6 Å². The summed E-state index contributed by atoms with van der Waals surface area (Å²) in [6, 6.07) is 27.6. The predicted octanol–water partition coefficient (Wildman–Crippen LogP) is 8.84. The van der Waals surface area contributed by atoms with Crippen molar-refractivity contribution in [2.45, 2.75) is 23.3 Å². The normalized spacial score (nSPS) is 12.4. The van der Waals surface area contributed by atoms with Crippen molar-refractivity contribution in [2.24, 2.45) is 20.5 Å². The molecule has 5 aromatic carbocycles. The van der Waals surface area contributed by atoms with Crippen molar-refractivity contribution in [3.63, 3.8) is 0 Å². The Morgan fingerprint density at radius 1 is 0.644 bits per heavy atom. The molecule has 0 fully saturated rings. The van der Waals surface area contributed by atoms with Crippen molar-refractivity contribution in [3.8, 4) is 0 Å². The SMILES string of the molecule is CCN(Cc1cccc(S(=O)(=O)O)c1)c1ccc(N=Nc2ccc(N=Nc3ccc(Cl)cc3)c3cc(S(=O)(=O)O)ccc23)cc1. The van der Waals surface area contributed by atoms with Crippen molar-refractivity contribution < 1.29 is 25.9 Å². The number of benzene rings is 5. The van der Waals surface area contributed by atoms with E-state index in [1.807, 2.05) is 24.0 Å². The number of nitrogens with zero attached hydrogens (tertiary/aromatic N) is 5. The molecule has 230 valence electrons. The van der Waals surface area contributed by atoms with Gasteiger partial charge in [-0.2, -0.15) is 27.1 Å². The second-order valence-electron chi connectivity index (χ2n) is 9.82. The molecule has 0 saturated heterocycles. The van der Waals surface area contributed by atoms with Crippen LogP contribution in [-0.4, -0.2) is 32.5 Å². The Morgan fingerprint density at radius 2 is 1.20 bits per heavy atom. The summed E-state index contributed by atoms with van der Waals surface area (Å²) in [4.78, 5) is 1.57. The third-order valence-corrected chi connectivity index (χ3v) is 8.73. The van der Waals surface area contributed by atoms with Crippen LogP contribution >= 0.6 is 11.6 Å². The summed E-state index contributed by atoms with van der Waals surface area (Å²) in [6.45, 7) is 3.02. The van der Waals surface area contributed by atoms with Crippen molar-refractivity contribution in [1.82, 2.24) is 0 Å². The topological polar surface area (TPSA) is 161 Å². The highest BCUT2D eigenvalue weighted by Crippen LogP contribution is 2.37. The standard InChI is InChI=1S/C31H26ClN5O6S2/c1-2-37(20-21-4-3-5-26(18-21)44(38,39)40)25-12-10-24(11-13-25)34-35-30-16-17-31(36-33-23-8-6-22(32)7-9-23)29-19-27(45(41,42)43)14-15-28(29)30/h3-19H,2,20H2,1H3,(H,38,39,40)(H,41,42,43). The second kappa shape index (κ2) is 13.2. The second-order valence-corrected chi connectivity index (χ2v) is 13.1. The van der Waals surface area contributed by atoms with Crippen LogP contribution in [0.4, 0.5) is 28.4 Å². The molecule has 0 unspecified atom stereocenters. The molecule has 0 amide bonds. The van der Waals surface area contributed by atoms with Crippen LogP contribution in [0, 0.1) is 0 Å². The summed E-state index contributed by atoms with van der Waals surface area (Å²) in [5.74, 6) is 0. The smallest absolute Gasteiger partial charge is 0.294 e. The van der Waals surface area contributed by atoms with E-state index in [0.717, 1.165) is 11.3 Å². The van der Waals surface area contributed by atoms with Crippen molar-refractivity contribution in [2.75, 3.05) is 11.4 Å². The van der Waals surface area contributed by atoms with E-state index >= 15 is 0 Å². The summed E-state index contributed by atoms with van der Waals surface area (Å²) in [5, 5.41) is 18.7. The van der Waals surface area contributed by atoms with Gasteiger partial charge in [0.15, 0.2) is 0 Å². The molecule has 0 saturated carbocycles. The Labute approximate surface area is 265 Å². The molecule has 0 spiro atoms. The maximum atomic E-state index is 11.9. The van der Waals surface area contributed by atoms with Gasteiger partial charge in [0.05, 0.1) is 32.5 Å². The third-order valence-electron chi connectivity index (χ3n) is 6.78. The number of azo groups is 2. The quantitative estimate of drug-likeness (QED) is 0.111. The van der Waals surface area contributed by atoms with E-state index in [4.69, 9.17) is 11.6 Å². The van der Waals surface area contributed by atoms with Crippen LogP contribution in [0.5, 0.6) is 0 Å². The predicted molar refractivity (Wildman–Crippen MR) is 173 cm³/mol. The van der Waals surface area contributed by atoms with E-state index in [1.54, 1.807) is 60.7 Å². The van der Waals surface area contributed by atoms with Gasteiger partial charge < -0.3 is 4.90 Å². The van der Waals surface area contributed by atoms with Crippen molar-refractivity contribution in [1.29, 1.82) is 0 Å². The molecule has 0 radical (unpaired) electrons. The number of hydrogen-bond donors (Lipinski definition) is 2. The van der Waals surface area contributed by atoms with Crippen molar-refractivity contribution >= 4 is 71.0 Å². The van der Waals surface area contributed by atoms with Gasteiger partial charge in [0.25, 0.3) is 20.2 Å². The Bertz CT molecular complexity index is 2140. The average molecular weight is 664 g/mol. The number of hydrogen-bond acceptors (Lipinski definition) is 9. The van der Waals surface area contributed by atoms with E-state index in [1.165, 1.54) is 30.3 Å². The molecule has 0 bridgehead atoms. The van der Waals surface area contributed by atoms with Gasteiger partial charge in [0.1, 0.15) is 0 Å². The summed E-state index contributed by atoms with van der Waals surface area (Å²) in [6.07, 6.45) is 0. The molecule has 14 heteroatoms. The Morgan fingerprint density at radius 3 is 1.78 bits per heavy atom. The molecule has 2 N–H and O–H groups in total. The van der Waals surface area contributed by atoms with E-state index < -0.39 is 20.2 Å². The molecule has 0 aliphatic rings. The summed E-state index contributed by atoms with van der Waals surface area (Å²) >= 11 is 5.94. The van der Waals surface area contributed by atoms with E-state index in [2.05, 4.69) is 20.5 Å². The minimum Gasteiger partial charge on any atom is -0.367 e. The molecule has 0 aliphatic carbocycles. The fourth-order valence-corrected chi connectivity index (χ4v) is 5.69. The van der Waals surface area contributed by atoms with Crippen LogP contribution in [0.15, 0.2) is 133 Å². The Hall–Kier alpha value is -4.53. The lowest BCUT2D eigenvalue weighted by atomic mass is 10.1. The monoisotopic (exact) mass is 663 g/mol. The Balaban J connectivity index is 1.41. The van der Waals surface area contributed by atoms with Crippen molar-refractivity contribution in [3.05, 3.63) is 114 Å². The first-order valence-corrected chi connectivity index (χ1v) is 16.7. The first-order chi connectivity index (χ1) is 21.4. The lowest BCUT2D eigenvalue weighted by molar-refractivity contribution is 0.481. The lowest BCUT2D eigenvalue weighted by Gasteiger charge is -2.23. The summed E-state index contributed by atoms with van der Waals surface area (Å²) < 4.78 is 65.8. The zero-order valence-corrected chi connectivity index (χ0v) is 26.1. The van der Waals surface area contributed by atoms with Crippen LogP contribution in [0.2, 0.25) is 5.02 Å². The minimum atomic E-state index is -4.48. The van der Waals surface area contributed by atoms with Gasteiger partial charge >= 0.3 is 0 Å². The number of halogens is 1. The molecule has 0 heterocycles. The van der Waals surface area contributed by atoms with Gasteiger partial charge in [-0.25, -0.2) is 0 Å². The fraction of sp³-hybridized carbons (Fsp3) is 0.0968. The van der Waals surface area contributed by atoms with Gasteiger partial charge in [0.2, 0.25) is 0 Å². The fourth-order valence-electron chi connectivity index (χ4n) is 4.50. The van der Waals surface area contributed by atoms with Crippen LogP contribution in [0.3, 0.4) is 0 Å². The van der Waals surface area contributed by atoms with Gasteiger partial charge in [-0.3, -0.25) is 9.11 Å². The van der Waals surface area contributed by atoms with Crippen LogP contribution in [0.1, 0.15) is 12.5 Å². The largest absolute Gasteiger partial charge is 0.367 e. The Kier molecular flexibility index (Phi) is 9.37. The molecule has 5 aromatic rings. The van der Waals surface area contributed by atoms with E-state index in [9.17, 15) is 25.9 Å². The third kappa shape index (κ3) is 7.95. The molecule has 5 rings (SSSR count). The minimum absolute atomic E-state index is 0.161. The molecular weight excluding hydrogens is 638 g/mol. The summed E-state index contributed by atoms with van der Waals surface area (Å²) in [7, 11) is -8.78. The van der Waals surface area contributed by atoms with Gasteiger partial charge in [-0.05, 0) is 97.4 Å². The maximum absolute atomic E-state index is 11.9. The first-order valence-electron chi connectivity index (χ1n) is 13.5. The number of anilines is 1. The zero-order chi connectivity index (χ0) is 32.2. The lowest BCUT2D eigenvalue weighted by Crippen LogP contribution is -2.22.